The van der Waals surface area contributed by atoms with E-state index in [1.165, 1.54) is 0 Å². The van der Waals surface area contributed by atoms with Gasteiger partial charge in [0, 0.05) is 43.1 Å². The molecule has 0 saturated carbocycles. The lowest BCUT2D eigenvalue weighted by Crippen LogP contribution is -2.66. The minimum absolute atomic E-state index is 0.0703. The summed E-state index contributed by atoms with van der Waals surface area (Å²) < 4.78 is 17.4. The maximum atomic E-state index is 13.1. The van der Waals surface area contributed by atoms with E-state index >= 15 is 0 Å². The molecule has 1 atom stereocenters. The van der Waals surface area contributed by atoms with Crippen LogP contribution >= 0.6 is 0 Å². The molecule has 3 aromatic carbocycles. The molecule has 3 fully saturated rings. The zero-order chi connectivity index (χ0) is 37.5. The first-order valence-electron chi connectivity index (χ1n) is 18.0. The van der Waals surface area contributed by atoms with Crippen LogP contribution in [0.2, 0.25) is 0 Å². The Kier molecular flexibility index (Phi) is 9.11. The molecule has 3 saturated heterocycles. The topological polar surface area (TPSA) is 140 Å². The fourth-order valence-corrected chi connectivity index (χ4v) is 7.29. The van der Waals surface area contributed by atoms with Gasteiger partial charge in [0.2, 0.25) is 17.8 Å². The highest BCUT2D eigenvalue weighted by Gasteiger charge is 2.50. The Morgan fingerprint density at radius 1 is 0.889 bits per heavy atom. The fourth-order valence-electron chi connectivity index (χ4n) is 7.29. The molecule has 4 amide bonds. The number of benzene rings is 3. The molecular weight excluding hydrogens is 686 g/mol. The number of nitrogens with one attached hydrogen (secondary N) is 1. The van der Waals surface area contributed by atoms with Crippen molar-refractivity contribution in [1.29, 1.82) is 0 Å². The highest BCUT2D eigenvalue weighted by molar-refractivity contribution is 6.23. The Morgan fingerprint density at radius 2 is 1.57 bits per heavy atom. The smallest absolute Gasteiger partial charge is 0.262 e. The summed E-state index contributed by atoms with van der Waals surface area (Å²) >= 11 is 0. The van der Waals surface area contributed by atoms with Crippen LogP contribution in [0.15, 0.2) is 79.0 Å². The first kappa shape index (κ1) is 35.0. The van der Waals surface area contributed by atoms with Crippen LogP contribution in [0.4, 0.5) is 5.95 Å². The number of carbonyl (C=O) groups excluding carboxylic acids is 4. The van der Waals surface area contributed by atoms with Crippen LogP contribution in [-0.4, -0.2) is 77.4 Å². The van der Waals surface area contributed by atoms with Crippen molar-refractivity contribution in [3.63, 3.8) is 0 Å². The number of amides is 4. The average Bonchev–Trinajstić information content (AvgIpc) is 3.38. The number of aromatic nitrogens is 2. The van der Waals surface area contributed by atoms with Crippen LogP contribution in [-0.2, 0) is 26.3 Å². The van der Waals surface area contributed by atoms with E-state index in [0.717, 1.165) is 65.5 Å². The molecule has 8 rings (SSSR count). The van der Waals surface area contributed by atoms with Gasteiger partial charge in [0.25, 0.3) is 11.8 Å². The predicted octanol–water partition coefficient (Wildman–Crippen LogP) is 4.44. The number of anilines is 1. The maximum Gasteiger partial charge on any atom is 0.262 e. The lowest BCUT2D eigenvalue weighted by Gasteiger charge is -2.54. The molecule has 1 spiro atoms. The van der Waals surface area contributed by atoms with Crippen LogP contribution < -0.4 is 19.7 Å². The monoisotopic (exact) mass is 725 g/mol. The number of imide groups is 2. The second kappa shape index (κ2) is 14.1. The van der Waals surface area contributed by atoms with Gasteiger partial charge in [0.05, 0.1) is 42.1 Å². The van der Waals surface area contributed by atoms with Crippen molar-refractivity contribution in [2.24, 2.45) is 5.41 Å². The van der Waals surface area contributed by atoms with Crippen LogP contribution in [0.25, 0.3) is 0 Å². The Bertz CT molecular complexity index is 2190. The lowest BCUT2D eigenvalue weighted by atomic mass is 9.78. The molecule has 1 aromatic heterocycles. The third kappa shape index (κ3) is 6.78. The molecule has 274 valence electrons. The first-order valence-corrected chi connectivity index (χ1v) is 18.0. The number of rotatable bonds is 10. The van der Waals surface area contributed by atoms with Gasteiger partial charge in [0.1, 0.15) is 24.1 Å². The van der Waals surface area contributed by atoms with E-state index < -0.39 is 29.7 Å². The summed E-state index contributed by atoms with van der Waals surface area (Å²) in [4.78, 5) is 62.1. The second-order valence-corrected chi connectivity index (χ2v) is 14.8. The molecule has 54 heavy (non-hydrogen) atoms. The average molecular weight is 726 g/mol. The zero-order valence-corrected chi connectivity index (χ0v) is 30.1. The molecule has 4 aliphatic rings. The SMILES string of the molecule is CC(C)(c1ccc(OCCC#Cc2ccc3c(c2)C(=O)N(C2CCC(=O)NC2=O)C3=O)cc1)c1ccc(OCc2ccnc(N3CC4(COC4)C3)n2)cc1. The van der Waals surface area contributed by atoms with E-state index in [2.05, 4.69) is 65.2 Å². The van der Waals surface area contributed by atoms with Crippen molar-refractivity contribution < 1.29 is 33.4 Å². The van der Waals surface area contributed by atoms with Gasteiger partial charge in [-0.05, 0) is 66.1 Å². The minimum Gasteiger partial charge on any atom is -0.493 e. The summed E-state index contributed by atoms with van der Waals surface area (Å²) in [5.74, 6) is 6.19. The van der Waals surface area contributed by atoms with Gasteiger partial charge in [-0.15, -0.1) is 0 Å². The number of ether oxygens (including phenoxy) is 3. The molecule has 4 aliphatic heterocycles. The van der Waals surface area contributed by atoms with Crippen LogP contribution in [0.3, 0.4) is 0 Å². The van der Waals surface area contributed by atoms with Crippen LogP contribution in [0, 0.1) is 17.3 Å². The largest absolute Gasteiger partial charge is 0.493 e. The number of piperidine rings is 1. The number of nitrogens with zero attached hydrogens (tertiary/aromatic N) is 4. The molecule has 1 N–H and O–H groups in total. The van der Waals surface area contributed by atoms with Crippen molar-refractivity contribution in [2.75, 3.05) is 37.8 Å². The molecule has 0 aliphatic carbocycles. The molecule has 12 heteroatoms. The molecule has 0 bridgehead atoms. The van der Waals surface area contributed by atoms with Crippen molar-refractivity contribution in [3.05, 3.63) is 113 Å². The zero-order valence-electron chi connectivity index (χ0n) is 30.1. The van der Waals surface area contributed by atoms with Gasteiger partial charge in [-0.1, -0.05) is 50.0 Å². The molecular formula is C42H39N5O7. The Balaban J connectivity index is 0.811. The lowest BCUT2D eigenvalue weighted by molar-refractivity contribution is -0.136. The summed E-state index contributed by atoms with van der Waals surface area (Å²) in [6.45, 7) is 8.62. The van der Waals surface area contributed by atoms with Crippen molar-refractivity contribution in [3.8, 4) is 23.3 Å². The normalized spacial score (nSPS) is 18.7. The first-order chi connectivity index (χ1) is 26.1. The second-order valence-electron chi connectivity index (χ2n) is 14.8. The van der Waals surface area contributed by atoms with Crippen molar-refractivity contribution in [2.45, 2.75) is 51.2 Å². The van der Waals surface area contributed by atoms with E-state index in [9.17, 15) is 19.2 Å². The summed E-state index contributed by atoms with van der Waals surface area (Å²) in [6.07, 6.45) is 2.41. The summed E-state index contributed by atoms with van der Waals surface area (Å²) in [5, 5.41) is 2.20. The third-order valence-electron chi connectivity index (χ3n) is 10.6. The molecule has 0 radical (unpaired) electrons. The van der Waals surface area contributed by atoms with Crippen molar-refractivity contribution >= 4 is 29.6 Å². The van der Waals surface area contributed by atoms with Crippen LogP contribution in [0.1, 0.15) is 76.2 Å². The Morgan fingerprint density at radius 3 is 2.24 bits per heavy atom. The molecule has 5 heterocycles. The number of carbonyl (C=O) groups is 4. The van der Waals surface area contributed by atoms with Crippen molar-refractivity contribution in [1.82, 2.24) is 20.2 Å². The molecule has 4 aromatic rings. The highest BCUT2D eigenvalue weighted by Crippen LogP contribution is 2.39. The van der Waals surface area contributed by atoms with Gasteiger partial charge in [-0.3, -0.25) is 29.4 Å². The Labute approximate surface area is 312 Å². The van der Waals surface area contributed by atoms with E-state index in [1.807, 2.05) is 30.3 Å². The van der Waals surface area contributed by atoms with E-state index in [0.29, 0.717) is 30.6 Å². The highest BCUT2D eigenvalue weighted by atomic mass is 16.5. The predicted molar refractivity (Wildman–Crippen MR) is 197 cm³/mol. The van der Waals surface area contributed by atoms with Gasteiger partial charge < -0.3 is 19.1 Å². The van der Waals surface area contributed by atoms with E-state index in [4.69, 9.17) is 19.2 Å². The third-order valence-corrected chi connectivity index (χ3v) is 10.6. The molecule has 12 nitrogen and oxygen atoms in total. The van der Waals surface area contributed by atoms with Gasteiger partial charge >= 0.3 is 0 Å². The standard InChI is InChI=1S/C42H39N5O7/c1-41(2,29-9-13-32(14-10-29)54-22-30-18-19-43-40(44-30)46-23-42(24-46)25-52-26-42)28-7-11-31(12-8-28)53-20-4-3-5-27-6-15-33-34(21-27)39(51)47(38(33)50)35-16-17-36(48)45-37(35)49/h6-15,18-19,21,35H,4,16-17,20,22-26H2,1-2H3,(H,45,48,49). The van der Waals surface area contributed by atoms with E-state index in [-0.39, 0.29) is 29.4 Å². The quantitative estimate of drug-likeness (QED) is 0.142. The number of fused-ring (bicyclic) bond motifs is 1. The fraction of sp³-hybridized carbons (Fsp3) is 0.333. The number of hydrogen-bond donors (Lipinski definition) is 1. The Hall–Kier alpha value is -6.06. The van der Waals surface area contributed by atoms with Gasteiger partial charge in [0.15, 0.2) is 0 Å². The molecule has 1 unspecified atom stereocenters. The van der Waals surface area contributed by atoms with Gasteiger partial charge in [-0.2, -0.15) is 0 Å². The number of hydrogen-bond acceptors (Lipinski definition) is 10. The summed E-state index contributed by atoms with van der Waals surface area (Å²) in [7, 11) is 0. The summed E-state index contributed by atoms with van der Waals surface area (Å²) in [6, 6.07) is 21.9. The summed E-state index contributed by atoms with van der Waals surface area (Å²) in [5.41, 5.74) is 4.16. The van der Waals surface area contributed by atoms with Crippen LogP contribution in [0.5, 0.6) is 11.5 Å². The minimum atomic E-state index is -1.00. The maximum absolute atomic E-state index is 13.1. The van der Waals surface area contributed by atoms with E-state index in [1.54, 1.807) is 24.4 Å². The van der Waals surface area contributed by atoms with Gasteiger partial charge in [-0.25, -0.2) is 9.97 Å².